The summed E-state index contributed by atoms with van der Waals surface area (Å²) >= 11 is 0. The lowest BCUT2D eigenvalue weighted by molar-refractivity contribution is 0.313. The molecule has 0 aromatic heterocycles. The summed E-state index contributed by atoms with van der Waals surface area (Å²) in [4.78, 5) is 0. The predicted octanol–water partition coefficient (Wildman–Crippen LogP) is 1.41. The molecule has 1 aromatic carbocycles. The van der Waals surface area contributed by atoms with Crippen LogP contribution in [0, 0.1) is 5.82 Å². The molecule has 1 heterocycles. The maximum absolute atomic E-state index is 13.7. The molecule has 0 atom stereocenters. The van der Waals surface area contributed by atoms with Gasteiger partial charge in [-0.3, -0.25) is 0 Å². The summed E-state index contributed by atoms with van der Waals surface area (Å²) in [7, 11) is 1.47. The van der Waals surface area contributed by atoms with Crippen LogP contribution in [0.5, 0.6) is 5.75 Å². The molecule has 1 aliphatic heterocycles. The van der Waals surface area contributed by atoms with E-state index in [1.165, 1.54) is 7.11 Å². The lowest BCUT2D eigenvalue weighted by Gasteiger charge is -2.37. The zero-order valence-corrected chi connectivity index (χ0v) is 10.1. The van der Waals surface area contributed by atoms with Gasteiger partial charge in [0.15, 0.2) is 11.6 Å². The maximum Gasteiger partial charge on any atom is 0.165 e. The van der Waals surface area contributed by atoms with Crippen LogP contribution in [0.25, 0.3) is 0 Å². The molecule has 1 saturated heterocycles. The molecule has 1 fully saturated rings. The van der Waals surface area contributed by atoms with Crippen molar-refractivity contribution in [3.05, 3.63) is 29.6 Å². The van der Waals surface area contributed by atoms with E-state index in [9.17, 15) is 4.39 Å². The van der Waals surface area contributed by atoms with Crippen LogP contribution >= 0.6 is 0 Å². The zero-order chi connectivity index (χ0) is 12.3. The first-order valence-electron chi connectivity index (χ1n) is 5.97. The fraction of sp³-hybridized carbons (Fsp3) is 0.538. The van der Waals surface area contributed by atoms with Crippen LogP contribution in [0.4, 0.5) is 4.39 Å². The topological polar surface area (TPSA) is 47.3 Å². The molecule has 0 saturated carbocycles. The molecular formula is C13H19FN2O. The van der Waals surface area contributed by atoms with Crippen molar-refractivity contribution in [2.75, 3.05) is 26.7 Å². The highest BCUT2D eigenvalue weighted by Crippen LogP contribution is 2.34. The second kappa shape index (κ2) is 5.02. The quantitative estimate of drug-likeness (QED) is 0.837. The Balaban J connectivity index is 2.33. The van der Waals surface area contributed by atoms with Gasteiger partial charge < -0.3 is 15.8 Å². The molecule has 3 nitrogen and oxygen atoms in total. The number of ether oxygens (including phenoxy) is 1. The monoisotopic (exact) mass is 238 g/mol. The summed E-state index contributed by atoms with van der Waals surface area (Å²) in [5.41, 5.74) is 6.81. The minimum atomic E-state index is -0.309. The molecule has 4 heteroatoms. The summed E-state index contributed by atoms with van der Waals surface area (Å²) < 4.78 is 18.7. The summed E-state index contributed by atoms with van der Waals surface area (Å²) in [5.74, 6) is -0.0220. The molecule has 1 aromatic rings. The van der Waals surface area contributed by atoms with Crippen LogP contribution in [0.2, 0.25) is 0 Å². The fourth-order valence-corrected chi connectivity index (χ4v) is 2.51. The second-order valence-electron chi connectivity index (χ2n) is 4.58. The van der Waals surface area contributed by atoms with Gasteiger partial charge in [0.2, 0.25) is 0 Å². The van der Waals surface area contributed by atoms with Gasteiger partial charge in [-0.25, -0.2) is 4.39 Å². The predicted molar refractivity (Wildman–Crippen MR) is 65.8 cm³/mol. The van der Waals surface area contributed by atoms with E-state index in [2.05, 4.69) is 5.32 Å². The molecule has 0 spiro atoms. The number of piperidine rings is 1. The highest BCUT2D eigenvalue weighted by molar-refractivity contribution is 5.34. The molecule has 0 unspecified atom stereocenters. The molecule has 0 aliphatic carbocycles. The number of halogens is 1. The third kappa shape index (κ3) is 2.28. The first-order chi connectivity index (χ1) is 8.22. The van der Waals surface area contributed by atoms with Crippen LogP contribution in [-0.4, -0.2) is 26.7 Å². The molecule has 2 rings (SSSR count). The zero-order valence-electron chi connectivity index (χ0n) is 10.1. The number of nitrogens with one attached hydrogen (secondary N) is 1. The Kier molecular flexibility index (Phi) is 3.64. The van der Waals surface area contributed by atoms with Crippen LogP contribution in [0.1, 0.15) is 18.4 Å². The number of rotatable bonds is 3. The number of benzene rings is 1. The van der Waals surface area contributed by atoms with E-state index >= 15 is 0 Å². The van der Waals surface area contributed by atoms with Gasteiger partial charge >= 0.3 is 0 Å². The van der Waals surface area contributed by atoms with Gasteiger partial charge in [-0.2, -0.15) is 0 Å². The van der Waals surface area contributed by atoms with Crippen LogP contribution in [0.3, 0.4) is 0 Å². The Labute approximate surface area is 101 Å². The fourth-order valence-electron chi connectivity index (χ4n) is 2.51. The molecule has 94 valence electrons. The lowest BCUT2D eigenvalue weighted by atomic mass is 9.73. The molecule has 3 N–H and O–H groups in total. The van der Waals surface area contributed by atoms with Gasteiger partial charge in [-0.1, -0.05) is 6.07 Å². The molecule has 1 aliphatic rings. The van der Waals surface area contributed by atoms with Gasteiger partial charge in [0, 0.05) is 12.0 Å². The van der Waals surface area contributed by atoms with Crippen LogP contribution in [-0.2, 0) is 5.41 Å². The lowest BCUT2D eigenvalue weighted by Crippen LogP contribution is -2.44. The Morgan fingerprint density at radius 1 is 1.41 bits per heavy atom. The molecular weight excluding hydrogens is 219 g/mol. The van der Waals surface area contributed by atoms with Gasteiger partial charge in [0.1, 0.15) is 0 Å². The Morgan fingerprint density at radius 2 is 2.12 bits per heavy atom. The van der Waals surface area contributed by atoms with Gasteiger partial charge in [-0.15, -0.1) is 0 Å². The van der Waals surface area contributed by atoms with Gasteiger partial charge in [0.25, 0.3) is 0 Å². The van der Waals surface area contributed by atoms with Crippen molar-refractivity contribution in [1.29, 1.82) is 0 Å². The Bertz CT molecular complexity index is 389. The first-order valence-corrected chi connectivity index (χ1v) is 5.97. The van der Waals surface area contributed by atoms with Crippen molar-refractivity contribution >= 4 is 0 Å². The Morgan fingerprint density at radius 3 is 2.65 bits per heavy atom. The van der Waals surface area contributed by atoms with Crippen LogP contribution < -0.4 is 15.8 Å². The summed E-state index contributed by atoms with van der Waals surface area (Å²) in [6.45, 7) is 2.43. The minimum Gasteiger partial charge on any atom is -0.494 e. The first kappa shape index (κ1) is 12.3. The third-order valence-electron chi connectivity index (χ3n) is 3.72. The number of nitrogens with two attached hydrogens (primary N) is 1. The van der Waals surface area contributed by atoms with Gasteiger partial charge in [-0.05, 0) is 43.6 Å². The van der Waals surface area contributed by atoms with E-state index in [0.717, 1.165) is 31.5 Å². The SMILES string of the molecule is COc1ccc(C2(CN)CCNCC2)cc1F. The molecule has 0 bridgehead atoms. The average molecular weight is 238 g/mol. The van der Waals surface area contributed by atoms with E-state index in [4.69, 9.17) is 10.5 Å². The molecule has 0 radical (unpaired) electrons. The van der Waals surface area contributed by atoms with E-state index in [-0.39, 0.29) is 17.0 Å². The van der Waals surface area contributed by atoms with Gasteiger partial charge in [0.05, 0.1) is 7.11 Å². The molecule has 17 heavy (non-hydrogen) atoms. The van der Waals surface area contributed by atoms with Crippen molar-refractivity contribution in [2.45, 2.75) is 18.3 Å². The van der Waals surface area contributed by atoms with E-state index in [0.29, 0.717) is 6.54 Å². The normalized spacial score (nSPS) is 19.0. The number of methoxy groups -OCH3 is 1. The second-order valence-corrected chi connectivity index (χ2v) is 4.58. The Hall–Kier alpha value is -1.13. The smallest absolute Gasteiger partial charge is 0.165 e. The van der Waals surface area contributed by atoms with Crippen molar-refractivity contribution in [2.24, 2.45) is 5.73 Å². The van der Waals surface area contributed by atoms with E-state index < -0.39 is 0 Å². The number of hydrogen-bond acceptors (Lipinski definition) is 3. The average Bonchev–Trinajstić information content (AvgIpc) is 2.39. The summed E-state index contributed by atoms with van der Waals surface area (Å²) in [6, 6.07) is 5.18. The van der Waals surface area contributed by atoms with Crippen molar-refractivity contribution in [3.8, 4) is 5.75 Å². The summed E-state index contributed by atoms with van der Waals surface area (Å²) in [5, 5.41) is 3.31. The molecule has 0 amide bonds. The highest BCUT2D eigenvalue weighted by atomic mass is 19.1. The third-order valence-corrected chi connectivity index (χ3v) is 3.72. The maximum atomic E-state index is 13.7. The van der Waals surface area contributed by atoms with Crippen LogP contribution in [0.15, 0.2) is 18.2 Å². The van der Waals surface area contributed by atoms with E-state index in [1.54, 1.807) is 12.1 Å². The largest absolute Gasteiger partial charge is 0.494 e. The van der Waals surface area contributed by atoms with Crippen molar-refractivity contribution < 1.29 is 9.13 Å². The highest BCUT2D eigenvalue weighted by Gasteiger charge is 2.32. The standard InChI is InChI=1S/C13H19FN2O/c1-17-12-3-2-10(8-11(12)14)13(9-15)4-6-16-7-5-13/h2-3,8,16H,4-7,9,15H2,1H3. The van der Waals surface area contributed by atoms with E-state index in [1.807, 2.05) is 6.07 Å². The summed E-state index contributed by atoms with van der Waals surface area (Å²) in [6.07, 6.45) is 1.91. The van der Waals surface area contributed by atoms with Crippen molar-refractivity contribution in [3.63, 3.8) is 0 Å². The minimum absolute atomic E-state index is 0.0850. The van der Waals surface area contributed by atoms with Crippen molar-refractivity contribution in [1.82, 2.24) is 5.32 Å². The number of hydrogen-bond donors (Lipinski definition) is 2.